The highest BCUT2D eigenvalue weighted by Crippen LogP contribution is 2.39. The Hall–Kier alpha value is -4.38. The van der Waals surface area contributed by atoms with E-state index in [9.17, 15) is 14.7 Å². The van der Waals surface area contributed by atoms with Gasteiger partial charge in [0, 0.05) is 50.1 Å². The monoisotopic (exact) mass is 623 g/mol. The van der Waals surface area contributed by atoms with Crippen molar-refractivity contribution in [2.24, 2.45) is 0 Å². The largest absolute Gasteiger partial charge is 0.392 e. The van der Waals surface area contributed by atoms with Crippen LogP contribution in [0.25, 0.3) is 0 Å². The van der Waals surface area contributed by atoms with Crippen LogP contribution in [0.15, 0.2) is 109 Å². The topological polar surface area (TPSA) is 120 Å². The van der Waals surface area contributed by atoms with Crippen LogP contribution in [0.3, 0.4) is 0 Å². The molecule has 4 N–H and O–H groups in total. The molecule has 1 heterocycles. The van der Waals surface area contributed by atoms with E-state index in [0.717, 1.165) is 29.8 Å². The van der Waals surface area contributed by atoms with E-state index in [1.165, 1.54) is 11.1 Å². The fourth-order valence-electron chi connectivity index (χ4n) is 5.64. The van der Waals surface area contributed by atoms with Crippen molar-refractivity contribution in [3.05, 3.63) is 137 Å². The number of hydrogen-bond acceptors (Lipinski definition) is 7. The number of rotatable bonds is 14. The summed E-state index contributed by atoms with van der Waals surface area (Å²) in [5.41, 5.74) is 7.23. The Balaban J connectivity index is 1.35. The van der Waals surface area contributed by atoms with Gasteiger partial charge in [-0.3, -0.25) is 19.7 Å². The quantitative estimate of drug-likeness (QED) is 0.0999. The van der Waals surface area contributed by atoms with E-state index in [1.54, 1.807) is 11.5 Å². The first-order chi connectivity index (χ1) is 22.5. The zero-order valence-electron chi connectivity index (χ0n) is 25.8. The molecule has 0 radical (unpaired) electrons. The van der Waals surface area contributed by atoms with Gasteiger partial charge in [0.1, 0.15) is 0 Å². The van der Waals surface area contributed by atoms with Crippen LogP contribution < -0.4 is 10.8 Å². The number of amides is 2. The molecule has 1 aliphatic rings. The van der Waals surface area contributed by atoms with E-state index in [4.69, 9.17) is 14.7 Å². The summed E-state index contributed by atoms with van der Waals surface area (Å²) in [5.74, 6) is -0.756. The fraction of sp³-hybridized carbons (Fsp3) is 0.297. The SMILES string of the molecule is O=C(CCCC(=O)Nc1cccc([C@H]2O[C@@H](CN(Cc3ccccc3)Cc3ccccc3)C[C@@H](c3ccc(CO)cc3)O2)c1)NO. The van der Waals surface area contributed by atoms with Crippen molar-refractivity contribution >= 4 is 17.5 Å². The zero-order valence-corrected chi connectivity index (χ0v) is 25.8. The highest BCUT2D eigenvalue weighted by Gasteiger charge is 2.33. The summed E-state index contributed by atoms with van der Waals surface area (Å²) in [6.45, 7) is 2.17. The van der Waals surface area contributed by atoms with Gasteiger partial charge in [-0.05, 0) is 40.8 Å². The van der Waals surface area contributed by atoms with Gasteiger partial charge in [0.05, 0.1) is 18.8 Å². The highest BCUT2D eigenvalue weighted by molar-refractivity contribution is 5.91. The standard InChI is InChI=1S/C37H41N3O6/c41-26-29-17-19-30(20-18-29)34-22-33(25-40(23-27-9-3-1-4-10-27)24-28-11-5-2-6-12-28)45-37(46-34)31-13-7-14-32(21-31)38-35(42)15-8-16-36(43)39-44/h1-7,9-14,17-21,33-34,37,41,44H,8,15-16,22-26H2,(H,38,42)(H,39,43)/t33-,34+,37+/m1/s1. The smallest absolute Gasteiger partial charge is 0.243 e. The van der Waals surface area contributed by atoms with Crippen LogP contribution >= 0.6 is 0 Å². The predicted octanol–water partition coefficient (Wildman–Crippen LogP) is 6.04. The number of carbonyl (C=O) groups excluding carboxylic acids is 2. The number of hydrogen-bond donors (Lipinski definition) is 4. The Morgan fingerprint density at radius 2 is 1.39 bits per heavy atom. The Morgan fingerprint density at radius 1 is 0.739 bits per heavy atom. The third-order valence-electron chi connectivity index (χ3n) is 7.95. The molecule has 0 bridgehead atoms. The lowest BCUT2D eigenvalue weighted by Gasteiger charge is -2.38. The summed E-state index contributed by atoms with van der Waals surface area (Å²) in [4.78, 5) is 26.2. The number of aliphatic hydroxyl groups excluding tert-OH is 1. The molecule has 1 saturated heterocycles. The van der Waals surface area contributed by atoms with E-state index in [2.05, 4.69) is 58.7 Å². The third-order valence-corrected chi connectivity index (χ3v) is 7.95. The van der Waals surface area contributed by atoms with Gasteiger partial charge >= 0.3 is 0 Å². The fourth-order valence-corrected chi connectivity index (χ4v) is 5.64. The molecule has 5 rings (SSSR count). The maximum Gasteiger partial charge on any atom is 0.243 e. The molecule has 0 spiro atoms. The van der Waals surface area contributed by atoms with Crippen LogP contribution in [0, 0.1) is 0 Å². The van der Waals surface area contributed by atoms with Gasteiger partial charge in [-0.25, -0.2) is 5.48 Å². The molecular weight excluding hydrogens is 582 g/mol. The first-order valence-electron chi connectivity index (χ1n) is 15.6. The molecule has 1 aliphatic heterocycles. The Kier molecular flexibility index (Phi) is 12.0. The maximum absolute atomic E-state index is 12.5. The molecule has 1 fully saturated rings. The Labute approximate surface area is 269 Å². The molecule has 0 saturated carbocycles. The van der Waals surface area contributed by atoms with Crippen molar-refractivity contribution in [1.82, 2.24) is 10.4 Å². The van der Waals surface area contributed by atoms with Gasteiger partial charge in [0.2, 0.25) is 11.8 Å². The van der Waals surface area contributed by atoms with Crippen molar-refractivity contribution in [2.75, 3.05) is 11.9 Å². The van der Waals surface area contributed by atoms with Crippen LogP contribution in [-0.2, 0) is 38.8 Å². The highest BCUT2D eigenvalue weighted by atomic mass is 16.7. The van der Waals surface area contributed by atoms with Crippen LogP contribution in [0.1, 0.15) is 65.9 Å². The number of anilines is 1. The predicted molar refractivity (Wildman–Crippen MR) is 174 cm³/mol. The minimum absolute atomic E-state index is 0.0265. The number of benzene rings is 4. The van der Waals surface area contributed by atoms with Gasteiger partial charge < -0.3 is 19.9 Å². The van der Waals surface area contributed by atoms with E-state index in [1.807, 2.05) is 54.6 Å². The second-order valence-electron chi connectivity index (χ2n) is 11.6. The summed E-state index contributed by atoms with van der Waals surface area (Å²) in [6.07, 6.45) is 0.0665. The molecule has 46 heavy (non-hydrogen) atoms. The molecule has 3 atom stereocenters. The van der Waals surface area contributed by atoms with Gasteiger partial charge in [-0.1, -0.05) is 97.1 Å². The van der Waals surface area contributed by atoms with Crippen LogP contribution in [0.2, 0.25) is 0 Å². The van der Waals surface area contributed by atoms with Gasteiger partial charge in [-0.15, -0.1) is 0 Å². The van der Waals surface area contributed by atoms with Gasteiger partial charge in [0.25, 0.3) is 0 Å². The van der Waals surface area contributed by atoms with Crippen molar-refractivity contribution < 1.29 is 29.4 Å². The number of aliphatic hydroxyl groups is 1. The van der Waals surface area contributed by atoms with E-state index in [-0.39, 0.29) is 37.6 Å². The van der Waals surface area contributed by atoms with Gasteiger partial charge in [-0.2, -0.15) is 0 Å². The molecule has 0 unspecified atom stereocenters. The van der Waals surface area contributed by atoms with Crippen molar-refractivity contribution in [3.8, 4) is 0 Å². The average Bonchev–Trinajstić information content (AvgIpc) is 3.09. The van der Waals surface area contributed by atoms with Crippen molar-refractivity contribution in [2.45, 2.75) is 63.9 Å². The first-order valence-corrected chi connectivity index (χ1v) is 15.6. The molecule has 4 aromatic carbocycles. The summed E-state index contributed by atoms with van der Waals surface area (Å²) in [6, 6.07) is 36.1. The Bertz CT molecular complexity index is 1490. The summed E-state index contributed by atoms with van der Waals surface area (Å²) >= 11 is 0. The summed E-state index contributed by atoms with van der Waals surface area (Å²) in [5, 5.41) is 21.1. The van der Waals surface area contributed by atoms with E-state index < -0.39 is 12.2 Å². The lowest BCUT2D eigenvalue weighted by molar-refractivity contribution is -0.253. The zero-order chi connectivity index (χ0) is 32.1. The summed E-state index contributed by atoms with van der Waals surface area (Å²) in [7, 11) is 0. The first kappa shape index (κ1) is 33.0. The minimum atomic E-state index is -0.679. The number of carbonyl (C=O) groups is 2. The molecular formula is C37H41N3O6. The maximum atomic E-state index is 12.5. The molecule has 4 aromatic rings. The molecule has 240 valence electrons. The van der Waals surface area contributed by atoms with Crippen molar-refractivity contribution in [1.29, 1.82) is 0 Å². The normalized spacial score (nSPS) is 17.8. The summed E-state index contributed by atoms with van der Waals surface area (Å²) < 4.78 is 13.2. The molecule has 9 heteroatoms. The lowest BCUT2D eigenvalue weighted by Crippen LogP contribution is -2.39. The lowest BCUT2D eigenvalue weighted by atomic mass is 9.99. The van der Waals surface area contributed by atoms with Crippen LogP contribution in [0.4, 0.5) is 5.69 Å². The Morgan fingerprint density at radius 3 is 2.02 bits per heavy atom. The molecule has 0 aliphatic carbocycles. The van der Waals surface area contributed by atoms with Crippen LogP contribution in [0.5, 0.6) is 0 Å². The number of nitrogens with zero attached hydrogens (tertiary/aromatic N) is 1. The second kappa shape index (κ2) is 16.8. The van der Waals surface area contributed by atoms with E-state index in [0.29, 0.717) is 25.1 Å². The van der Waals surface area contributed by atoms with E-state index >= 15 is 0 Å². The van der Waals surface area contributed by atoms with Crippen molar-refractivity contribution in [3.63, 3.8) is 0 Å². The number of ether oxygens (including phenoxy) is 2. The second-order valence-corrected chi connectivity index (χ2v) is 11.6. The van der Waals surface area contributed by atoms with Gasteiger partial charge in [0.15, 0.2) is 6.29 Å². The third kappa shape index (κ3) is 9.81. The molecule has 9 nitrogen and oxygen atoms in total. The minimum Gasteiger partial charge on any atom is -0.392 e. The van der Waals surface area contributed by atoms with Crippen LogP contribution in [-0.4, -0.2) is 39.7 Å². The number of nitrogens with one attached hydrogen (secondary N) is 2. The molecule has 2 amide bonds. The molecule has 0 aromatic heterocycles. The number of hydroxylamine groups is 1. The average molecular weight is 624 g/mol.